The normalized spacial score (nSPS) is 15.8. The van der Waals surface area contributed by atoms with E-state index in [0.29, 0.717) is 6.04 Å². The summed E-state index contributed by atoms with van der Waals surface area (Å²) < 4.78 is 10.1. The predicted octanol–water partition coefficient (Wildman–Crippen LogP) is 13.6. The van der Waals surface area contributed by atoms with Crippen LogP contribution in [0.5, 0.6) is 0 Å². The first-order valence-corrected chi connectivity index (χ1v) is 21.4. The Morgan fingerprint density at radius 1 is 0.448 bits per heavy atom. The van der Waals surface area contributed by atoms with Gasteiger partial charge in [-0.3, -0.25) is 9.13 Å². The molecule has 1 saturated carbocycles. The maximum atomic E-state index is 5.68. The number of benzene rings is 5. The van der Waals surface area contributed by atoms with Gasteiger partial charge < -0.3 is 9.13 Å². The summed E-state index contributed by atoms with van der Waals surface area (Å²) in [5, 5.41) is 7.77. The van der Waals surface area contributed by atoms with Crippen LogP contribution in [0.3, 0.4) is 0 Å². The minimum Gasteiger partial charge on any atom is -0.338 e. The molecule has 0 bridgehead atoms. The molecule has 5 aromatic carbocycles. The minimum absolute atomic E-state index is 0.564. The molecule has 0 amide bonds. The number of rotatable bonds is 4. The molecule has 5 aromatic heterocycles. The van der Waals surface area contributed by atoms with Gasteiger partial charge in [-0.1, -0.05) is 104 Å². The molecule has 0 spiro atoms. The Hall–Kier alpha value is -6.59. The van der Waals surface area contributed by atoms with Crippen LogP contribution in [0.15, 0.2) is 133 Å². The van der Waals surface area contributed by atoms with Gasteiger partial charge in [0.2, 0.25) is 0 Å². The van der Waals surface area contributed by atoms with Gasteiger partial charge >= 0.3 is 0 Å². The highest BCUT2D eigenvalue weighted by molar-refractivity contribution is 6.19. The van der Waals surface area contributed by atoms with Crippen molar-refractivity contribution in [2.45, 2.75) is 63.8 Å². The summed E-state index contributed by atoms with van der Waals surface area (Å²) in [7, 11) is 0. The Morgan fingerprint density at radius 3 is 1.86 bits per heavy atom. The number of allylic oxidation sites excluding steroid dienone is 2. The van der Waals surface area contributed by atoms with Crippen LogP contribution in [0, 0.1) is 0 Å². The van der Waals surface area contributed by atoms with E-state index in [0.717, 1.165) is 42.8 Å². The van der Waals surface area contributed by atoms with Gasteiger partial charge in [0.05, 0.1) is 27.6 Å². The number of nitrogens with zero attached hydrogens (tertiary/aromatic N) is 5. The number of aryl methyl sites for hydroxylation is 2. The van der Waals surface area contributed by atoms with E-state index >= 15 is 0 Å². The Labute approximate surface area is 336 Å². The average molecular weight is 750 g/mol. The highest BCUT2D eigenvalue weighted by Crippen LogP contribution is 2.44. The third-order valence-electron chi connectivity index (χ3n) is 13.7. The van der Waals surface area contributed by atoms with Gasteiger partial charge in [0, 0.05) is 61.0 Å². The summed E-state index contributed by atoms with van der Waals surface area (Å²) in [4.78, 5) is 5.68. The van der Waals surface area contributed by atoms with Gasteiger partial charge in [0.1, 0.15) is 11.6 Å². The third-order valence-corrected chi connectivity index (χ3v) is 13.7. The van der Waals surface area contributed by atoms with E-state index in [2.05, 4.69) is 164 Å². The Kier molecular flexibility index (Phi) is 6.98. The Bertz CT molecular complexity index is 3370. The molecule has 0 N–H and O–H groups in total. The van der Waals surface area contributed by atoms with Crippen molar-refractivity contribution in [2.24, 2.45) is 0 Å². The summed E-state index contributed by atoms with van der Waals surface area (Å²) in [6.45, 7) is 0. The van der Waals surface area contributed by atoms with Crippen LogP contribution in [-0.4, -0.2) is 23.3 Å². The maximum Gasteiger partial charge on any atom is 0.140 e. The monoisotopic (exact) mass is 749 g/mol. The van der Waals surface area contributed by atoms with Crippen molar-refractivity contribution in [3.8, 4) is 17.3 Å². The second kappa shape index (κ2) is 12.5. The van der Waals surface area contributed by atoms with Crippen molar-refractivity contribution >= 4 is 77.6 Å². The largest absolute Gasteiger partial charge is 0.338 e. The maximum absolute atomic E-state index is 5.68. The molecule has 0 aliphatic heterocycles. The van der Waals surface area contributed by atoms with Gasteiger partial charge in [-0.2, -0.15) is 0 Å². The lowest BCUT2D eigenvalue weighted by Crippen LogP contribution is -2.14. The molecule has 5 heterocycles. The molecule has 1 fully saturated rings. The van der Waals surface area contributed by atoms with Crippen molar-refractivity contribution in [1.29, 1.82) is 0 Å². The van der Waals surface area contributed by atoms with Crippen molar-refractivity contribution in [2.75, 3.05) is 0 Å². The molecule has 10 aromatic rings. The molecule has 58 heavy (non-hydrogen) atoms. The van der Waals surface area contributed by atoms with Crippen LogP contribution in [0.25, 0.3) is 94.9 Å². The molecule has 3 aliphatic rings. The first-order valence-electron chi connectivity index (χ1n) is 21.4. The lowest BCUT2D eigenvalue weighted by Gasteiger charge is -2.26. The molecular formula is C53H43N5. The topological polar surface area (TPSA) is 32.6 Å². The number of para-hydroxylation sites is 3. The average Bonchev–Trinajstić information content (AvgIpc) is 4.01. The van der Waals surface area contributed by atoms with Crippen molar-refractivity contribution in [3.05, 3.63) is 156 Å². The molecule has 3 aliphatic carbocycles. The van der Waals surface area contributed by atoms with Gasteiger partial charge in [0.25, 0.3) is 0 Å². The lowest BCUT2D eigenvalue weighted by molar-refractivity contribution is 0.359. The van der Waals surface area contributed by atoms with Gasteiger partial charge in [-0.05, 0) is 110 Å². The second-order valence-corrected chi connectivity index (χ2v) is 16.7. The zero-order chi connectivity index (χ0) is 37.9. The number of fused-ring (bicyclic) bond motifs is 13. The molecule has 5 nitrogen and oxygen atoms in total. The standard InChI is InChI=1S/C53H43N5/c1-3-16-34(17-4-1)55-44-24-11-9-22-38(44)42-33-49-43(32-48(42)55)39-23-10-13-26-46(39)57(49)50-28-15-29-51(54-50)58-47-27-14-8-21-37(47)41-31-30-40-36-20-7-12-25-45(36)56(52(40)53(41)58)35-18-5-2-6-19-35/h2,5-6,8,10-15,18-19,21,23-34H,1,3-4,7,9,16-17,20,22H2. The van der Waals surface area contributed by atoms with Crippen LogP contribution in [0.2, 0.25) is 0 Å². The molecule has 5 heteroatoms. The first kappa shape index (κ1) is 32.5. The number of aromatic nitrogens is 5. The van der Waals surface area contributed by atoms with E-state index in [1.54, 1.807) is 0 Å². The fraction of sp³-hybridized carbons (Fsp3) is 0.189. The molecule has 0 radical (unpaired) electrons. The number of pyridine rings is 1. The highest BCUT2D eigenvalue weighted by atomic mass is 15.1. The summed E-state index contributed by atoms with van der Waals surface area (Å²) in [6.07, 6.45) is 20.3. The van der Waals surface area contributed by atoms with E-state index in [4.69, 9.17) is 4.98 Å². The SMILES string of the molecule is C1=Cc2c(c3ccc4c5ccccc5n(-c5cccc(-n6c7ccccc7c7cc8c(cc76)c6c(n8C7CCCCC7)C=CCC6)n5)c4c3n2-c2ccccc2)CC1. The van der Waals surface area contributed by atoms with Crippen LogP contribution in [-0.2, 0) is 12.8 Å². The van der Waals surface area contributed by atoms with Crippen LogP contribution < -0.4 is 0 Å². The molecular weight excluding hydrogens is 707 g/mol. The molecule has 13 rings (SSSR count). The zero-order valence-corrected chi connectivity index (χ0v) is 32.5. The summed E-state index contributed by atoms with van der Waals surface area (Å²) in [6, 6.07) is 45.6. The fourth-order valence-corrected chi connectivity index (χ4v) is 11.2. The lowest BCUT2D eigenvalue weighted by atomic mass is 9.94. The van der Waals surface area contributed by atoms with Crippen LogP contribution in [0.4, 0.5) is 0 Å². The van der Waals surface area contributed by atoms with Crippen molar-refractivity contribution < 1.29 is 0 Å². The molecule has 0 atom stereocenters. The summed E-state index contributed by atoms with van der Waals surface area (Å²) in [5.41, 5.74) is 14.2. The second-order valence-electron chi connectivity index (χ2n) is 16.7. The van der Waals surface area contributed by atoms with Crippen molar-refractivity contribution in [1.82, 2.24) is 23.3 Å². The van der Waals surface area contributed by atoms with E-state index in [9.17, 15) is 0 Å². The molecule has 0 unspecified atom stereocenters. The Morgan fingerprint density at radius 2 is 1.07 bits per heavy atom. The van der Waals surface area contributed by atoms with Gasteiger partial charge in [-0.25, -0.2) is 4.98 Å². The predicted molar refractivity (Wildman–Crippen MR) is 242 cm³/mol. The van der Waals surface area contributed by atoms with E-state index in [1.807, 2.05) is 0 Å². The zero-order valence-electron chi connectivity index (χ0n) is 32.5. The smallest absolute Gasteiger partial charge is 0.140 e. The molecule has 0 saturated heterocycles. The van der Waals surface area contributed by atoms with E-state index in [1.165, 1.54) is 120 Å². The van der Waals surface area contributed by atoms with E-state index in [-0.39, 0.29) is 0 Å². The number of hydrogen-bond donors (Lipinski definition) is 0. The Balaban J connectivity index is 1.09. The summed E-state index contributed by atoms with van der Waals surface area (Å²) in [5.74, 6) is 1.85. The third kappa shape index (κ3) is 4.50. The van der Waals surface area contributed by atoms with Crippen LogP contribution >= 0.6 is 0 Å². The van der Waals surface area contributed by atoms with E-state index < -0.39 is 0 Å². The molecule has 280 valence electrons. The van der Waals surface area contributed by atoms with Crippen LogP contribution in [0.1, 0.15) is 73.5 Å². The number of hydrogen-bond acceptors (Lipinski definition) is 1. The van der Waals surface area contributed by atoms with Gasteiger partial charge in [-0.15, -0.1) is 0 Å². The quantitative estimate of drug-likeness (QED) is 0.176. The highest BCUT2D eigenvalue weighted by Gasteiger charge is 2.28. The van der Waals surface area contributed by atoms with Crippen molar-refractivity contribution in [3.63, 3.8) is 0 Å². The first-order chi connectivity index (χ1) is 28.8. The minimum atomic E-state index is 0.564. The summed E-state index contributed by atoms with van der Waals surface area (Å²) >= 11 is 0. The fourth-order valence-electron chi connectivity index (χ4n) is 11.2. The van der Waals surface area contributed by atoms with Gasteiger partial charge in [0.15, 0.2) is 0 Å².